The van der Waals surface area contributed by atoms with Crippen LogP contribution in [0.2, 0.25) is 0 Å². The van der Waals surface area contributed by atoms with Crippen molar-refractivity contribution in [1.29, 1.82) is 0 Å². The summed E-state index contributed by atoms with van der Waals surface area (Å²) in [6, 6.07) is 0. The van der Waals surface area contributed by atoms with Gasteiger partial charge in [-0.3, -0.25) is 65.4 Å². The van der Waals surface area contributed by atoms with Crippen LogP contribution in [0.25, 0.3) is 33.5 Å². The molecule has 10 N–H and O–H groups in total. The summed E-state index contributed by atoms with van der Waals surface area (Å²) in [5.41, 5.74) is 7.91. The normalized spacial score (nSPS) is 38.2. The Morgan fingerprint density at radius 3 is 1.80 bits per heavy atom. The molecular formula is C39H41F4N19O21P4S3. The fraction of sp³-hybridized carbons (Fsp3) is 0.538. The van der Waals surface area contributed by atoms with Gasteiger partial charge >= 0.3 is 28.1 Å². The third-order valence-electron chi connectivity index (χ3n) is 14.3. The Morgan fingerprint density at radius 2 is 1.12 bits per heavy atom. The smallest absolute Gasteiger partial charge is 0.369 e. The lowest BCUT2D eigenvalue weighted by Gasteiger charge is -2.27. The maximum atomic E-state index is 16.0. The topological polar surface area (TPSA) is 521 Å². The Hall–Kier alpha value is -5.71. The minimum atomic E-state index is -5.19. The van der Waals surface area contributed by atoms with Crippen molar-refractivity contribution in [3.63, 3.8) is 0 Å². The number of halogens is 4. The van der Waals surface area contributed by atoms with Crippen molar-refractivity contribution in [2.24, 2.45) is 4.99 Å². The number of Topliss-reactive ketones (excluding diaryl/α,β-unsaturated/α-hetero) is 1. The monoisotopic (exact) mass is 1410 g/mol. The number of H-pyrrole nitrogens is 3. The number of hydrogen-bond acceptors (Lipinski definition) is 32. The molecule has 0 amide bonds. The number of alkyl halides is 4. The van der Waals surface area contributed by atoms with E-state index >= 15 is 17.6 Å². The molecule has 20 atom stereocenters. The summed E-state index contributed by atoms with van der Waals surface area (Å²) in [5, 5.41) is 14.9. The van der Waals surface area contributed by atoms with E-state index in [1.807, 2.05) is 0 Å². The van der Waals surface area contributed by atoms with Crippen LogP contribution in [0.3, 0.4) is 0 Å². The van der Waals surface area contributed by atoms with Crippen molar-refractivity contribution in [3.8, 4) is 0 Å². The van der Waals surface area contributed by atoms with E-state index in [0.717, 1.165) is 37.5 Å². The molecule has 7 aliphatic heterocycles. The number of anilines is 2. The minimum absolute atomic E-state index is 0.00327. The average Bonchev–Trinajstić information content (AvgIpc) is 1.65. The van der Waals surface area contributed by atoms with Crippen LogP contribution in [-0.4, -0.2) is 206 Å². The number of ether oxygens (including phenoxy) is 4. The number of phosphoric ester groups is 1. The summed E-state index contributed by atoms with van der Waals surface area (Å²) in [4.78, 5) is 112. The first kappa shape index (κ1) is 63.1. The number of carbonyl (C=O) groups is 1. The number of carbonyl (C=O) groups excluding carboxylic acids is 1. The Kier molecular flexibility index (Phi) is 16.6. The number of nitrogens with two attached hydrogens (primary N) is 2. The molecule has 0 spiro atoms. The van der Waals surface area contributed by atoms with Crippen molar-refractivity contribution in [2.75, 3.05) is 37.9 Å². The maximum absolute atomic E-state index is 16.0. The van der Waals surface area contributed by atoms with Crippen LogP contribution in [0.4, 0.5) is 35.3 Å². The van der Waals surface area contributed by atoms with Crippen LogP contribution in [-0.2, 0) is 87.9 Å². The van der Waals surface area contributed by atoms with Gasteiger partial charge in [0.25, 0.3) is 16.7 Å². The van der Waals surface area contributed by atoms with Crippen molar-refractivity contribution in [3.05, 3.63) is 55.7 Å². The van der Waals surface area contributed by atoms with Crippen LogP contribution in [0.15, 0.2) is 38.4 Å². The highest BCUT2D eigenvalue weighted by atomic mass is 32.7. The van der Waals surface area contributed by atoms with Crippen molar-refractivity contribution < 1.29 is 101 Å². The molecule has 4 unspecified atom stereocenters. The number of thiol groups is 1. The molecule has 7 aliphatic rings. The van der Waals surface area contributed by atoms with E-state index < -0.39 is 170 Å². The number of ketones is 1. The number of aromatic amines is 3. The largest absolute Gasteiger partial charge is 0.472 e. The van der Waals surface area contributed by atoms with E-state index in [1.54, 1.807) is 0 Å². The molecule has 0 saturated carbocycles. The molecular weight excluding hydrogens is 1370 g/mol. The zero-order valence-electron chi connectivity index (χ0n) is 44.3. The molecule has 6 fully saturated rings. The highest BCUT2D eigenvalue weighted by molar-refractivity contribution is 8.44. The zero-order chi connectivity index (χ0) is 63.7. The number of nitrogens with zero attached hydrogens (tertiary/aromatic N) is 14. The number of aromatic nitrogens is 16. The lowest BCUT2D eigenvalue weighted by Crippen LogP contribution is -2.34. The zero-order valence-corrected chi connectivity index (χ0v) is 50.4. The predicted octanol–water partition coefficient (Wildman–Crippen LogP) is -0.339. The number of nitrogen functional groups attached to an aromatic ring is 2. The highest BCUT2D eigenvalue weighted by Gasteiger charge is 2.57. The molecule has 14 heterocycles. The summed E-state index contributed by atoms with van der Waals surface area (Å²) < 4.78 is 159. The second kappa shape index (κ2) is 23.7. The van der Waals surface area contributed by atoms with Gasteiger partial charge in [-0.2, -0.15) is 19.3 Å². The number of hydrogen-bond donors (Lipinski definition) is 9. The number of phosphoric acid groups is 1. The molecule has 40 nitrogen and oxygen atoms in total. The van der Waals surface area contributed by atoms with Gasteiger partial charge in [0, 0.05) is 12.6 Å². The van der Waals surface area contributed by atoms with Gasteiger partial charge in [0.1, 0.15) is 48.8 Å². The Bertz CT molecular complexity index is 4430. The number of aliphatic imine (C=N–C) groups is 1. The molecule has 6 saturated heterocycles. The first-order chi connectivity index (χ1) is 42.6. The van der Waals surface area contributed by atoms with Crippen LogP contribution in [0.1, 0.15) is 41.8 Å². The first-order valence-electron chi connectivity index (χ1n) is 25.7. The third kappa shape index (κ3) is 11.8. The molecule has 4 bridgehead atoms. The van der Waals surface area contributed by atoms with Crippen LogP contribution in [0, 0.1) is 0 Å². The van der Waals surface area contributed by atoms with Gasteiger partial charge in [0.2, 0.25) is 11.9 Å². The SMILES string of the molecule is Nc1nc2c(ncn2[C@@H]2O[C@@H]3COP(=O)(O)O[C@H]4[C@H](F)[C@H](n5nnc6c(=O)[nH]cnc65)O[C@@H]4COP(O)(=S)O[C@@H]2[C@@H]3F)c(=O)[nH]1.Nc1nc2c(nnn2[C@@H]2O[C@@H]3COP(=O)(S)O[C@H]4[C@H](F)[C@H](n5cnc6c5N=CCC6=O)O[C@@H]4COP(O)(=S)O[C@@H]2[C@H]3F)c(=O)[nH]1. The van der Waals surface area contributed by atoms with Gasteiger partial charge in [-0.1, -0.05) is 22.7 Å². The molecule has 0 aliphatic carbocycles. The lowest BCUT2D eigenvalue weighted by molar-refractivity contribution is -0.0645. The third-order valence-corrected chi connectivity index (χ3v) is 20.0. The van der Waals surface area contributed by atoms with Gasteiger partial charge in [0.15, 0.2) is 100 Å². The quantitative estimate of drug-likeness (QED) is 0.0618. The Labute approximate surface area is 508 Å². The van der Waals surface area contributed by atoms with Gasteiger partial charge in [0.05, 0.1) is 45.4 Å². The fourth-order valence-corrected chi connectivity index (χ4v) is 15.6. The Morgan fingerprint density at radius 1 is 0.589 bits per heavy atom. The maximum Gasteiger partial charge on any atom is 0.472 e. The van der Waals surface area contributed by atoms with Crippen LogP contribution in [0.5, 0.6) is 0 Å². The summed E-state index contributed by atoms with van der Waals surface area (Å²) >= 11 is 14.2. The number of rotatable bonds is 4. The van der Waals surface area contributed by atoms with Gasteiger partial charge in [-0.15, -0.1) is 10.2 Å². The number of nitrogens with one attached hydrogen (secondary N) is 3. The van der Waals surface area contributed by atoms with Gasteiger partial charge in [-0.05, 0) is 23.6 Å². The minimum Gasteiger partial charge on any atom is -0.369 e. The van der Waals surface area contributed by atoms with Crippen molar-refractivity contribution >= 4 is 127 Å². The fourth-order valence-electron chi connectivity index (χ4n) is 10.3. The van der Waals surface area contributed by atoms with Crippen LogP contribution < -0.4 is 28.1 Å². The molecule has 7 aromatic rings. The summed E-state index contributed by atoms with van der Waals surface area (Å²) in [7, 11) is -5.19. The molecule has 51 heteroatoms. The molecule has 14 rings (SSSR count). The predicted molar refractivity (Wildman–Crippen MR) is 296 cm³/mol. The molecule has 0 aromatic carbocycles. The van der Waals surface area contributed by atoms with E-state index in [9.17, 15) is 43.0 Å². The standard InChI is InChI=1S/C20H21F2N9O10P2S2.C19H20F2N10O11P2S/c21-9-7-3-36-42(34,44)40-13-8(39-18(10(13)22)30-5-25-11-6(32)1-2-24-15(11)30)4-37-43(35,45)41-14(9)19(38-7)31-16-12(28-29-31)17(33)27-20(23)26-16;20-7-5-1-37-43(34,35)41-11-6(40-17(8(11)21)31-13-10(28-29-31)15(32)24-3-23-13)2-38-44(36,45)42-12(7)18(39-5)30-4-25-9-14(30)26-19(22)27-16(9)33/h2,5,7-10,13-14,18-19H,1,3-4H2,(H,34,44)(H,35,45)(H3,23,26,27,33);3-8,11-12,17-18H,1-2H2,(H,34,35)(H,36,45)(H,23,24,32)(H3,22,26,27,33)/t7-,8-,9+,10+,13-,14-,18-,19-,42?,43?;5-,6-,7-,8+,11-,12-,17-,18-,44?/m11/s1. The molecule has 7 aromatic heterocycles. The molecule has 90 heavy (non-hydrogen) atoms. The summed E-state index contributed by atoms with van der Waals surface area (Å²) in [6.45, 7) is -16.6. The van der Waals surface area contributed by atoms with Gasteiger partial charge < -0.3 is 59.1 Å². The van der Waals surface area contributed by atoms with Crippen molar-refractivity contribution in [1.82, 2.24) is 79.0 Å². The number of fused-ring (bicyclic) bond motifs is 10. The van der Waals surface area contributed by atoms with E-state index in [0.29, 0.717) is 0 Å². The molecule has 484 valence electrons. The second-order valence-corrected chi connectivity index (χ2v) is 29.9. The summed E-state index contributed by atoms with van der Waals surface area (Å²) in [5.74, 6) is -0.914. The first-order valence-corrected chi connectivity index (χ1v) is 35.1. The van der Waals surface area contributed by atoms with E-state index in [4.69, 9.17) is 90.2 Å². The molecule has 0 radical (unpaired) electrons. The number of imidazole rings is 2. The lowest BCUT2D eigenvalue weighted by atomic mass is 10.1. The van der Waals surface area contributed by atoms with E-state index in [1.165, 1.54) is 6.21 Å². The van der Waals surface area contributed by atoms with E-state index in [-0.39, 0.29) is 69.1 Å². The van der Waals surface area contributed by atoms with Crippen molar-refractivity contribution in [2.45, 2.75) is 105 Å². The highest BCUT2D eigenvalue weighted by Crippen LogP contribution is 2.59. The summed E-state index contributed by atoms with van der Waals surface area (Å²) in [6.07, 6.45) is -23.8. The van der Waals surface area contributed by atoms with E-state index in [2.05, 4.69) is 77.7 Å². The Balaban J connectivity index is 0.000000165. The average molecular weight is 1410 g/mol. The second-order valence-electron chi connectivity index (χ2n) is 20.0. The van der Waals surface area contributed by atoms with Gasteiger partial charge in [-0.25, -0.2) is 46.6 Å². The van der Waals surface area contributed by atoms with Crippen LogP contribution >= 0.6 is 40.3 Å².